The van der Waals surface area contributed by atoms with E-state index in [1.807, 2.05) is 18.2 Å². The molecule has 1 fully saturated rings. The molecule has 3 aromatic rings. The van der Waals surface area contributed by atoms with Gasteiger partial charge in [-0.3, -0.25) is 4.79 Å². The standard InChI is InChI=1S/C31H34O6/c1-19-14-24(35-13-12-34-4)15-20(2)30(19)25-7-5-6-22(21(25)3)18-36-23-8-9-26-27(17-29(32)33)31(10-11-31)37-28(26)16-23/h5-9,14-16,27H,10-13,17-18H2,1-4H3,(H,32,33). The molecule has 0 radical (unpaired) electrons. The van der Waals surface area contributed by atoms with Gasteiger partial charge in [-0.15, -0.1) is 0 Å². The van der Waals surface area contributed by atoms with Crippen LogP contribution in [-0.2, 0) is 16.1 Å². The number of hydrogen-bond acceptors (Lipinski definition) is 5. The van der Waals surface area contributed by atoms with E-state index < -0.39 is 5.97 Å². The molecule has 1 spiro atoms. The average Bonchev–Trinajstić information content (AvgIpc) is 3.56. The predicted octanol–water partition coefficient (Wildman–Crippen LogP) is 6.37. The van der Waals surface area contributed by atoms with Gasteiger partial charge in [0.15, 0.2) is 0 Å². The summed E-state index contributed by atoms with van der Waals surface area (Å²) in [6, 6.07) is 16.3. The Kier molecular flexibility index (Phi) is 6.86. The minimum absolute atomic E-state index is 0.0868. The molecule has 5 rings (SSSR count). The van der Waals surface area contributed by atoms with Gasteiger partial charge in [0.1, 0.15) is 36.1 Å². The Bertz CT molecular complexity index is 1300. The summed E-state index contributed by atoms with van der Waals surface area (Å²) in [6.45, 7) is 7.87. The van der Waals surface area contributed by atoms with Crippen molar-refractivity contribution in [2.45, 2.75) is 58.2 Å². The zero-order valence-corrected chi connectivity index (χ0v) is 21.9. The van der Waals surface area contributed by atoms with Gasteiger partial charge < -0.3 is 24.1 Å². The third-order valence-corrected chi connectivity index (χ3v) is 7.60. The number of ether oxygens (including phenoxy) is 4. The van der Waals surface area contributed by atoms with Gasteiger partial charge in [0, 0.05) is 24.7 Å². The van der Waals surface area contributed by atoms with Crippen molar-refractivity contribution in [1.29, 1.82) is 0 Å². The molecule has 6 nitrogen and oxygen atoms in total. The summed E-state index contributed by atoms with van der Waals surface area (Å²) in [5.41, 5.74) is 7.66. The number of methoxy groups -OCH3 is 1. The third kappa shape index (κ3) is 5.03. The van der Waals surface area contributed by atoms with Gasteiger partial charge in [0.2, 0.25) is 0 Å². The number of fused-ring (bicyclic) bond motifs is 1. The number of rotatable bonds is 10. The topological polar surface area (TPSA) is 74.2 Å². The van der Waals surface area contributed by atoms with Crippen LogP contribution < -0.4 is 14.2 Å². The summed E-state index contributed by atoms with van der Waals surface area (Å²) in [5, 5.41) is 9.36. The first-order chi connectivity index (χ1) is 17.8. The highest BCUT2D eigenvalue weighted by Gasteiger charge is 2.57. The average molecular weight is 503 g/mol. The van der Waals surface area contributed by atoms with Crippen LogP contribution in [-0.4, -0.2) is 37.0 Å². The van der Waals surface area contributed by atoms with E-state index in [2.05, 4.69) is 51.1 Å². The first kappa shape index (κ1) is 25.2. The lowest BCUT2D eigenvalue weighted by molar-refractivity contribution is -0.138. The highest BCUT2D eigenvalue weighted by atomic mass is 16.5. The molecule has 37 heavy (non-hydrogen) atoms. The fourth-order valence-corrected chi connectivity index (χ4v) is 5.55. The predicted molar refractivity (Wildman–Crippen MR) is 142 cm³/mol. The highest BCUT2D eigenvalue weighted by Crippen LogP contribution is 2.59. The third-order valence-electron chi connectivity index (χ3n) is 7.60. The van der Waals surface area contributed by atoms with Crippen molar-refractivity contribution in [2.24, 2.45) is 0 Å². The molecule has 0 bridgehead atoms. The Balaban J connectivity index is 1.33. The fraction of sp³-hybridized carbons (Fsp3) is 0.387. The van der Waals surface area contributed by atoms with Crippen LogP contribution in [0.2, 0.25) is 0 Å². The zero-order chi connectivity index (χ0) is 26.2. The molecule has 6 heteroatoms. The molecule has 0 aromatic heterocycles. The fourth-order valence-electron chi connectivity index (χ4n) is 5.55. The molecule has 1 heterocycles. The van der Waals surface area contributed by atoms with Gasteiger partial charge in [-0.1, -0.05) is 24.3 Å². The Labute approximate surface area is 218 Å². The van der Waals surface area contributed by atoms with Crippen molar-refractivity contribution in [2.75, 3.05) is 20.3 Å². The van der Waals surface area contributed by atoms with Crippen LogP contribution in [0.15, 0.2) is 48.5 Å². The molecule has 1 aliphatic heterocycles. The SMILES string of the molecule is COCCOc1cc(C)c(-c2cccc(COc3ccc4c(c3)OC3(CC3)C4CC(=O)O)c2C)c(C)c1. The number of aliphatic carboxylic acids is 1. The molecule has 1 atom stereocenters. The van der Waals surface area contributed by atoms with Crippen molar-refractivity contribution in [1.82, 2.24) is 0 Å². The van der Waals surface area contributed by atoms with Gasteiger partial charge in [0.25, 0.3) is 0 Å². The van der Waals surface area contributed by atoms with Crippen molar-refractivity contribution >= 4 is 5.97 Å². The maximum absolute atomic E-state index is 11.4. The molecule has 194 valence electrons. The van der Waals surface area contributed by atoms with Gasteiger partial charge in [-0.25, -0.2) is 0 Å². The number of carbonyl (C=O) groups is 1. The van der Waals surface area contributed by atoms with Crippen LogP contribution in [0, 0.1) is 20.8 Å². The maximum atomic E-state index is 11.4. The molecular weight excluding hydrogens is 468 g/mol. The van der Waals surface area contributed by atoms with Crippen molar-refractivity contribution < 1.29 is 28.8 Å². The lowest BCUT2D eigenvalue weighted by atomic mass is 9.90. The summed E-state index contributed by atoms with van der Waals surface area (Å²) in [7, 11) is 1.67. The van der Waals surface area contributed by atoms with Crippen LogP contribution in [0.4, 0.5) is 0 Å². The van der Waals surface area contributed by atoms with Crippen LogP contribution in [0.25, 0.3) is 11.1 Å². The maximum Gasteiger partial charge on any atom is 0.304 e. The van der Waals surface area contributed by atoms with Gasteiger partial charge in [-0.2, -0.15) is 0 Å². The summed E-state index contributed by atoms with van der Waals surface area (Å²) in [5.74, 6) is 1.45. The zero-order valence-electron chi connectivity index (χ0n) is 21.9. The van der Waals surface area contributed by atoms with Crippen LogP contribution in [0.1, 0.15) is 53.0 Å². The minimum atomic E-state index is -0.790. The molecule has 0 saturated heterocycles. The number of benzene rings is 3. The van der Waals surface area contributed by atoms with Gasteiger partial charge in [-0.05, 0) is 85.2 Å². The Morgan fingerprint density at radius 2 is 1.76 bits per heavy atom. The monoisotopic (exact) mass is 502 g/mol. The first-order valence-electron chi connectivity index (χ1n) is 12.8. The smallest absolute Gasteiger partial charge is 0.304 e. The minimum Gasteiger partial charge on any atom is -0.491 e. The molecule has 1 N–H and O–H groups in total. The second kappa shape index (κ2) is 10.1. The quantitative estimate of drug-likeness (QED) is 0.325. The molecule has 2 aliphatic rings. The normalized spacial score (nSPS) is 16.8. The molecule has 0 amide bonds. The number of hydrogen-bond donors (Lipinski definition) is 1. The second-order valence-corrected chi connectivity index (χ2v) is 10.2. The largest absolute Gasteiger partial charge is 0.491 e. The lowest BCUT2D eigenvalue weighted by Gasteiger charge is -2.18. The van der Waals surface area contributed by atoms with E-state index in [9.17, 15) is 9.90 Å². The lowest BCUT2D eigenvalue weighted by Crippen LogP contribution is -2.22. The van der Waals surface area contributed by atoms with E-state index in [1.54, 1.807) is 7.11 Å². The summed E-state index contributed by atoms with van der Waals surface area (Å²) >= 11 is 0. The Hall–Kier alpha value is -3.51. The van der Waals surface area contributed by atoms with Crippen molar-refractivity contribution in [3.05, 3.63) is 76.3 Å². The van der Waals surface area contributed by atoms with E-state index >= 15 is 0 Å². The van der Waals surface area contributed by atoms with Crippen LogP contribution >= 0.6 is 0 Å². The highest BCUT2D eigenvalue weighted by molar-refractivity contribution is 5.75. The summed E-state index contributed by atoms with van der Waals surface area (Å²) < 4.78 is 23.3. The Morgan fingerprint density at radius 1 is 1.00 bits per heavy atom. The summed E-state index contributed by atoms with van der Waals surface area (Å²) in [4.78, 5) is 11.4. The molecule has 3 aromatic carbocycles. The van der Waals surface area contributed by atoms with Gasteiger partial charge in [0.05, 0.1) is 13.0 Å². The second-order valence-electron chi connectivity index (χ2n) is 10.2. The van der Waals surface area contributed by atoms with Crippen LogP contribution in [0.5, 0.6) is 17.2 Å². The van der Waals surface area contributed by atoms with E-state index in [0.717, 1.165) is 52.3 Å². The molecule has 1 unspecified atom stereocenters. The number of aryl methyl sites for hydroxylation is 2. The van der Waals surface area contributed by atoms with E-state index in [-0.39, 0.29) is 17.9 Å². The van der Waals surface area contributed by atoms with E-state index in [4.69, 9.17) is 18.9 Å². The van der Waals surface area contributed by atoms with E-state index in [0.29, 0.717) is 19.8 Å². The number of carboxylic acid groups (broad SMARTS) is 1. The van der Waals surface area contributed by atoms with Crippen LogP contribution in [0.3, 0.4) is 0 Å². The number of carboxylic acids is 1. The van der Waals surface area contributed by atoms with Gasteiger partial charge >= 0.3 is 5.97 Å². The van der Waals surface area contributed by atoms with E-state index in [1.165, 1.54) is 16.7 Å². The Morgan fingerprint density at radius 3 is 2.43 bits per heavy atom. The first-order valence-corrected chi connectivity index (χ1v) is 12.8. The molecule has 1 aliphatic carbocycles. The molecular formula is C31H34O6. The summed E-state index contributed by atoms with van der Waals surface area (Å²) in [6.07, 6.45) is 1.90. The van der Waals surface area contributed by atoms with Crippen molar-refractivity contribution in [3.63, 3.8) is 0 Å². The van der Waals surface area contributed by atoms with Crippen molar-refractivity contribution in [3.8, 4) is 28.4 Å². The molecule has 1 saturated carbocycles.